The second-order valence-corrected chi connectivity index (χ2v) is 9.51. The molecular formula is C28H28N6O. The Bertz CT molecular complexity index is 1390. The van der Waals surface area contributed by atoms with E-state index in [4.69, 9.17) is 27.1 Å². The fraction of sp³-hybridized carbons (Fsp3) is 0.321. The van der Waals surface area contributed by atoms with E-state index in [1.807, 2.05) is 47.1 Å². The van der Waals surface area contributed by atoms with Crippen molar-refractivity contribution in [3.05, 3.63) is 72.1 Å². The van der Waals surface area contributed by atoms with E-state index >= 15 is 0 Å². The molecule has 7 heteroatoms. The Kier molecular flexibility index (Phi) is 5.69. The van der Waals surface area contributed by atoms with Crippen LogP contribution in [0.2, 0.25) is 0 Å². The van der Waals surface area contributed by atoms with Crippen molar-refractivity contribution < 1.29 is 4.74 Å². The molecule has 176 valence electrons. The average molecular weight is 465 g/mol. The van der Waals surface area contributed by atoms with Gasteiger partial charge in [0.25, 0.3) is 5.69 Å². The lowest BCUT2D eigenvalue weighted by atomic mass is 9.80. The standard InChI is InChI=1S/C28H28N6O/c1-30-27-26(32-34(28(27)29)23-15-19(16-23)18-33-11-13-35-14-12-33)22-8-7-21-9-10-24(31-25(21)17-22)20-5-3-2-4-6-20/h2-10,17,19,23H,11-16,18,29H2. The van der Waals surface area contributed by atoms with E-state index in [9.17, 15) is 0 Å². The molecule has 35 heavy (non-hydrogen) atoms. The van der Waals surface area contributed by atoms with Gasteiger partial charge in [-0.1, -0.05) is 48.5 Å². The molecule has 2 aliphatic rings. The largest absolute Gasteiger partial charge is 0.393 e. The highest BCUT2D eigenvalue weighted by Gasteiger charge is 2.35. The summed E-state index contributed by atoms with van der Waals surface area (Å²) in [4.78, 5) is 11.1. The van der Waals surface area contributed by atoms with Crippen molar-refractivity contribution in [3.63, 3.8) is 0 Å². The third-order valence-electron chi connectivity index (χ3n) is 7.25. The number of aromatic nitrogens is 3. The highest BCUT2D eigenvalue weighted by molar-refractivity contribution is 5.90. The molecule has 0 amide bonds. The first-order chi connectivity index (χ1) is 17.2. The van der Waals surface area contributed by atoms with Crippen molar-refractivity contribution in [2.24, 2.45) is 5.92 Å². The van der Waals surface area contributed by atoms with E-state index in [2.05, 4.69) is 27.9 Å². The van der Waals surface area contributed by atoms with Crippen LogP contribution in [0, 0.1) is 12.5 Å². The first kappa shape index (κ1) is 21.8. The van der Waals surface area contributed by atoms with Crippen LogP contribution in [-0.2, 0) is 4.74 Å². The van der Waals surface area contributed by atoms with Gasteiger partial charge in [0.05, 0.1) is 37.0 Å². The monoisotopic (exact) mass is 464 g/mol. The molecule has 0 spiro atoms. The normalized spacial score (nSPS) is 20.4. The second-order valence-electron chi connectivity index (χ2n) is 9.51. The Labute approximate surface area is 205 Å². The van der Waals surface area contributed by atoms with Crippen LogP contribution in [0.15, 0.2) is 60.7 Å². The molecule has 2 fully saturated rings. The summed E-state index contributed by atoms with van der Waals surface area (Å²) in [6.45, 7) is 12.6. The summed E-state index contributed by atoms with van der Waals surface area (Å²) in [7, 11) is 0. The summed E-state index contributed by atoms with van der Waals surface area (Å²) in [5, 5.41) is 5.91. The van der Waals surface area contributed by atoms with Gasteiger partial charge in [-0.25, -0.2) is 9.83 Å². The Morgan fingerprint density at radius 1 is 1.00 bits per heavy atom. The van der Waals surface area contributed by atoms with Crippen molar-refractivity contribution in [2.45, 2.75) is 18.9 Å². The Hall–Kier alpha value is -3.73. The molecule has 1 saturated heterocycles. The van der Waals surface area contributed by atoms with E-state index in [0.29, 0.717) is 23.1 Å². The number of nitrogens with two attached hydrogens (primary N) is 1. The fourth-order valence-corrected chi connectivity index (χ4v) is 5.25. The van der Waals surface area contributed by atoms with Gasteiger partial charge in [0, 0.05) is 30.6 Å². The minimum absolute atomic E-state index is 0.249. The molecule has 7 nitrogen and oxygen atoms in total. The molecular weight excluding hydrogens is 436 g/mol. The molecule has 2 aromatic carbocycles. The van der Waals surface area contributed by atoms with E-state index < -0.39 is 0 Å². The smallest absolute Gasteiger partial charge is 0.254 e. The van der Waals surface area contributed by atoms with E-state index in [1.54, 1.807) is 0 Å². The van der Waals surface area contributed by atoms with Crippen molar-refractivity contribution in [1.82, 2.24) is 19.7 Å². The minimum Gasteiger partial charge on any atom is -0.393 e. The van der Waals surface area contributed by atoms with Gasteiger partial charge in [-0.2, -0.15) is 5.10 Å². The maximum absolute atomic E-state index is 7.78. The molecule has 1 saturated carbocycles. The summed E-state index contributed by atoms with van der Waals surface area (Å²) in [6.07, 6.45) is 2.08. The van der Waals surface area contributed by atoms with Crippen molar-refractivity contribution in [2.75, 3.05) is 38.6 Å². The molecule has 6 rings (SSSR count). The summed E-state index contributed by atoms with van der Waals surface area (Å²) in [5.74, 6) is 1.11. The summed E-state index contributed by atoms with van der Waals surface area (Å²) in [6, 6.07) is 20.6. The maximum Gasteiger partial charge on any atom is 0.254 e. The number of nitrogens with zero attached hydrogens (tertiary/aromatic N) is 5. The molecule has 2 N–H and O–H groups in total. The van der Waals surface area contributed by atoms with Gasteiger partial charge in [-0.05, 0) is 36.5 Å². The second kappa shape index (κ2) is 9.14. The van der Waals surface area contributed by atoms with Gasteiger partial charge < -0.3 is 10.5 Å². The van der Waals surface area contributed by atoms with Crippen LogP contribution in [0.4, 0.5) is 11.5 Å². The number of morpholine rings is 1. The number of hydrogen-bond donors (Lipinski definition) is 1. The van der Waals surface area contributed by atoms with Gasteiger partial charge in [0.2, 0.25) is 0 Å². The molecule has 0 bridgehead atoms. The van der Waals surface area contributed by atoms with Crippen LogP contribution >= 0.6 is 0 Å². The predicted octanol–water partition coefficient (Wildman–Crippen LogP) is 5.18. The summed E-state index contributed by atoms with van der Waals surface area (Å²) >= 11 is 0. The van der Waals surface area contributed by atoms with Crippen LogP contribution < -0.4 is 5.73 Å². The van der Waals surface area contributed by atoms with Crippen LogP contribution in [0.1, 0.15) is 18.9 Å². The van der Waals surface area contributed by atoms with Crippen LogP contribution in [0.25, 0.3) is 38.3 Å². The van der Waals surface area contributed by atoms with Crippen LogP contribution in [0.3, 0.4) is 0 Å². The lowest BCUT2D eigenvalue weighted by molar-refractivity contribution is 0.0172. The van der Waals surface area contributed by atoms with Gasteiger partial charge in [-0.3, -0.25) is 9.58 Å². The van der Waals surface area contributed by atoms with Gasteiger partial charge in [0.15, 0.2) is 0 Å². The minimum atomic E-state index is 0.249. The van der Waals surface area contributed by atoms with Crippen molar-refractivity contribution in [1.29, 1.82) is 0 Å². The quantitative estimate of drug-likeness (QED) is 0.412. The molecule has 4 aromatic rings. The number of fused-ring (bicyclic) bond motifs is 1. The lowest BCUT2D eigenvalue weighted by Crippen LogP contribution is -2.43. The number of pyridine rings is 1. The SMILES string of the molecule is [C-]#[N+]c1c(-c2ccc3ccc(-c4ccccc4)nc3c2)nn(C2CC(CN3CCOCC3)C2)c1N. The molecule has 1 aliphatic heterocycles. The van der Waals surface area contributed by atoms with Gasteiger partial charge >= 0.3 is 0 Å². The van der Waals surface area contributed by atoms with Gasteiger partial charge in [-0.15, -0.1) is 0 Å². The van der Waals surface area contributed by atoms with Crippen molar-refractivity contribution >= 4 is 22.4 Å². The third kappa shape index (κ3) is 4.16. The van der Waals surface area contributed by atoms with E-state index in [1.165, 1.54) is 0 Å². The number of rotatable bonds is 5. The first-order valence-corrected chi connectivity index (χ1v) is 12.2. The maximum atomic E-state index is 7.78. The zero-order valence-corrected chi connectivity index (χ0v) is 19.6. The Morgan fingerprint density at radius 2 is 1.77 bits per heavy atom. The average Bonchev–Trinajstić information content (AvgIpc) is 3.22. The van der Waals surface area contributed by atoms with E-state index in [0.717, 1.165) is 73.4 Å². The Balaban J connectivity index is 1.26. The molecule has 3 heterocycles. The zero-order chi connectivity index (χ0) is 23.8. The number of anilines is 1. The summed E-state index contributed by atoms with van der Waals surface area (Å²) in [5.41, 5.74) is 11.3. The number of ether oxygens (including phenoxy) is 1. The molecule has 0 unspecified atom stereocenters. The molecule has 0 radical (unpaired) electrons. The highest BCUT2D eigenvalue weighted by Crippen LogP contribution is 2.44. The van der Waals surface area contributed by atoms with E-state index in [-0.39, 0.29) is 6.04 Å². The lowest BCUT2D eigenvalue weighted by Gasteiger charge is -2.40. The predicted molar refractivity (Wildman–Crippen MR) is 138 cm³/mol. The van der Waals surface area contributed by atoms with Crippen molar-refractivity contribution in [3.8, 4) is 22.5 Å². The highest BCUT2D eigenvalue weighted by atomic mass is 16.5. The molecule has 0 atom stereocenters. The zero-order valence-electron chi connectivity index (χ0n) is 19.6. The summed E-state index contributed by atoms with van der Waals surface area (Å²) < 4.78 is 7.35. The molecule has 2 aromatic heterocycles. The number of hydrogen-bond acceptors (Lipinski definition) is 5. The van der Waals surface area contributed by atoms with Crippen LogP contribution in [-0.4, -0.2) is 52.5 Å². The topological polar surface area (TPSA) is 73.6 Å². The molecule has 1 aliphatic carbocycles. The number of benzene rings is 2. The van der Waals surface area contributed by atoms with Crippen LogP contribution in [0.5, 0.6) is 0 Å². The number of nitrogen functional groups attached to an aromatic ring is 1. The fourth-order valence-electron chi connectivity index (χ4n) is 5.25. The Morgan fingerprint density at radius 3 is 2.54 bits per heavy atom. The van der Waals surface area contributed by atoms with Gasteiger partial charge in [0.1, 0.15) is 11.5 Å². The third-order valence-corrected chi connectivity index (χ3v) is 7.25. The first-order valence-electron chi connectivity index (χ1n) is 12.2.